The molecule has 7 heteroatoms. The van der Waals surface area contributed by atoms with Crippen LogP contribution in [0.3, 0.4) is 0 Å². The predicted molar refractivity (Wildman–Crippen MR) is 100 cm³/mol. The molecular formula is C17H24N6S. The third-order valence-electron chi connectivity index (χ3n) is 4.00. The quantitative estimate of drug-likeness (QED) is 0.661. The number of aromatic amines is 1. The van der Waals surface area contributed by atoms with Crippen LogP contribution in [0.2, 0.25) is 0 Å². The number of aliphatic imine (C=N–C) groups is 1. The van der Waals surface area contributed by atoms with Crippen LogP contribution >= 0.6 is 11.8 Å². The molecule has 1 aromatic carbocycles. The fraction of sp³-hybridized carbons (Fsp3) is 0.471. The van der Waals surface area contributed by atoms with Gasteiger partial charge in [0.05, 0.1) is 0 Å². The first kappa shape index (κ1) is 16.8. The second kappa shape index (κ2) is 7.25. The molecule has 2 aromatic rings. The van der Waals surface area contributed by atoms with Gasteiger partial charge in [0.25, 0.3) is 0 Å². The average molecular weight is 344 g/mol. The van der Waals surface area contributed by atoms with Gasteiger partial charge in [0.1, 0.15) is 6.33 Å². The minimum Gasteiger partial charge on any atom is -0.352 e. The first-order chi connectivity index (χ1) is 11.6. The Morgan fingerprint density at radius 3 is 3.04 bits per heavy atom. The smallest absolute Gasteiger partial charge is 0.193 e. The third-order valence-corrected chi connectivity index (χ3v) is 5.30. The van der Waals surface area contributed by atoms with Crippen LogP contribution in [0, 0.1) is 0 Å². The Bertz CT molecular complexity index is 695. The molecule has 0 spiro atoms. The number of hydrogen-bond donors (Lipinski definition) is 2. The molecule has 1 aromatic heterocycles. The van der Waals surface area contributed by atoms with E-state index in [9.17, 15) is 0 Å². The Kier molecular flexibility index (Phi) is 5.08. The topological polar surface area (TPSA) is 69.2 Å². The van der Waals surface area contributed by atoms with E-state index in [1.165, 1.54) is 11.9 Å². The molecule has 1 fully saturated rings. The van der Waals surface area contributed by atoms with Crippen LogP contribution in [0.25, 0.3) is 11.4 Å². The minimum atomic E-state index is 0.266. The van der Waals surface area contributed by atoms with Gasteiger partial charge in [-0.25, -0.2) is 4.98 Å². The van der Waals surface area contributed by atoms with E-state index in [1.54, 1.807) is 0 Å². The van der Waals surface area contributed by atoms with Gasteiger partial charge in [-0.15, -0.1) is 0 Å². The van der Waals surface area contributed by atoms with Gasteiger partial charge in [0, 0.05) is 42.7 Å². The molecule has 24 heavy (non-hydrogen) atoms. The molecule has 0 amide bonds. The Morgan fingerprint density at radius 2 is 2.33 bits per heavy atom. The van der Waals surface area contributed by atoms with Crippen molar-refractivity contribution in [3.63, 3.8) is 0 Å². The molecule has 1 aliphatic rings. The van der Waals surface area contributed by atoms with E-state index >= 15 is 0 Å². The molecular weight excluding hydrogens is 320 g/mol. The number of hydrogen-bond acceptors (Lipinski definition) is 4. The number of benzene rings is 1. The van der Waals surface area contributed by atoms with Gasteiger partial charge in [0.15, 0.2) is 11.8 Å². The summed E-state index contributed by atoms with van der Waals surface area (Å²) in [5, 5.41) is 10.3. The van der Waals surface area contributed by atoms with Crippen molar-refractivity contribution in [2.24, 2.45) is 4.99 Å². The maximum atomic E-state index is 4.46. The zero-order valence-electron chi connectivity index (χ0n) is 14.4. The standard InChI is InChI=1S/C17H24N6S/c1-17(2)11-23(7-8-24-17)16(18-3)19-10-13-5-4-6-14(9-13)15-20-12-21-22-15/h4-6,9,12H,7-8,10-11H2,1-3H3,(H,18,19)(H,20,21,22). The first-order valence-electron chi connectivity index (χ1n) is 8.12. The Balaban J connectivity index is 1.65. The largest absolute Gasteiger partial charge is 0.352 e. The highest BCUT2D eigenvalue weighted by Gasteiger charge is 2.28. The van der Waals surface area contributed by atoms with Crippen LogP contribution in [0.5, 0.6) is 0 Å². The molecule has 3 rings (SSSR count). The number of aromatic nitrogens is 3. The highest BCUT2D eigenvalue weighted by molar-refractivity contribution is 8.00. The number of guanidine groups is 1. The highest BCUT2D eigenvalue weighted by Crippen LogP contribution is 2.29. The summed E-state index contributed by atoms with van der Waals surface area (Å²) in [4.78, 5) is 11.0. The predicted octanol–water partition coefficient (Wildman–Crippen LogP) is 2.37. The number of nitrogens with zero attached hydrogens (tertiary/aromatic N) is 4. The molecule has 0 saturated carbocycles. The van der Waals surface area contributed by atoms with Crippen LogP contribution in [0.4, 0.5) is 0 Å². The summed E-state index contributed by atoms with van der Waals surface area (Å²) >= 11 is 2.03. The summed E-state index contributed by atoms with van der Waals surface area (Å²) in [7, 11) is 1.85. The lowest BCUT2D eigenvalue weighted by molar-refractivity contribution is 0.376. The Labute approximate surface area is 147 Å². The van der Waals surface area contributed by atoms with Crippen molar-refractivity contribution in [2.45, 2.75) is 25.1 Å². The molecule has 128 valence electrons. The summed E-state index contributed by atoms with van der Waals surface area (Å²) in [6.45, 7) is 7.36. The van der Waals surface area contributed by atoms with E-state index in [2.05, 4.69) is 56.4 Å². The van der Waals surface area contributed by atoms with E-state index in [-0.39, 0.29) is 4.75 Å². The monoisotopic (exact) mass is 344 g/mol. The van der Waals surface area contributed by atoms with Gasteiger partial charge in [-0.1, -0.05) is 18.2 Å². The molecule has 2 N–H and O–H groups in total. The van der Waals surface area contributed by atoms with Crippen LogP contribution in [0.15, 0.2) is 35.6 Å². The fourth-order valence-corrected chi connectivity index (χ4v) is 4.00. The van der Waals surface area contributed by atoms with Gasteiger partial charge < -0.3 is 10.2 Å². The van der Waals surface area contributed by atoms with Crippen molar-refractivity contribution in [3.8, 4) is 11.4 Å². The Morgan fingerprint density at radius 1 is 1.46 bits per heavy atom. The molecule has 0 aliphatic carbocycles. The molecule has 6 nitrogen and oxygen atoms in total. The normalized spacial score (nSPS) is 17.8. The number of thioether (sulfide) groups is 1. The summed E-state index contributed by atoms with van der Waals surface area (Å²) in [6.07, 6.45) is 1.53. The van der Waals surface area contributed by atoms with E-state index in [1.807, 2.05) is 30.9 Å². The maximum absolute atomic E-state index is 4.46. The summed E-state index contributed by atoms with van der Waals surface area (Å²) in [5.41, 5.74) is 2.23. The molecule has 2 heterocycles. The molecule has 0 bridgehead atoms. The van der Waals surface area contributed by atoms with E-state index in [4.69, 9.17) is 0 Å². The second-order valence-electron chi connectivity index (χ2n) is 6.46. The number of rotatable bonds is 3. The van der Waals surface area contributed by atoms with Crippen LogP contribution < -0.4 is 5.32 Å². The lowest BCUT2D eigenvalue weighted by atomic mass is 10.1. The van der Waals surface area contributed by atoms with Gasteiger partial charge in [-0.05, 0) is 25.5 Å². The molecule has 0 atom stereocenters. The fourth-order valence-electron chi connectivity index (χ4n) is 2.88. The van der Waals surface area contributed by atoms with E-state index < -0.39 is 0 Å². The zero-order valence-corrected chi connectivity index (χ0v) is 15.2. The molecule has 0 radical (unpaired) electrons. The lowest BCUT2D eigenvalue weighted by Crippen LogP contribution is -2.50. The van der Waals surface area contributed by atoms with Crippen molar-refractivity contribution in [1.82, 2.24) is 25.4 Å². The summed E-state index contributed by atoms with van der Waals surface area (Å²) in [5.74, 6) is 2.89. The average Bonchev–Trinajstić information content (AvgIpc) is 3.09. The minimum absolute atomic E-state index is 0.266. The van der Waals surface area contributed by atoms with Crippen LogP contribution in [-0.4, -0.2) is 56.7 Å². The zero-order chi connectivity index (χ0) is 17.0. The molecule has 1 saturated heterocycles. The van der Waals surface area contributed by atoms with Crippen LogP contribution in [-0.2, 0) is 6.54 Å². The van der Waals surface area contributed by atoms with Crippen molar-refractivity contribution in [2.75, 3.05) is 25.9 Å². The van der Waals surface area contributed by atoms with E-state index in [0.717, 1.165) is 42.7 Å². The Hall–Kier alpha value is -2.02. The summed E-state index contributed by atoms with van der Waals surface area (Å²) in [6, 6.07) is 8.30. The summed E-state index contributed by atoms with van der Waals surface area (Å²) < 4.78 is 0.266. The maximum Gasteiger partial charge on any atom is 0.193 e. The first-order valence-corrected chi connectivity index (χ1v) is 9.10. The lowest BCUT2D eigenvalue weighted by Gasteiger charge is -2.39. The molecule has 0 unspecified atom stereocenters. The van der Waals surface area contributed by atoms with Crippen LogP contribution in [0.1, 0.15) is 19.4 Å². The van der Waals surface area contributed by atoms with Gasteiger partial charge >= 0.3 is 0 Å². The van der Waals surface area contributed by atoms with E-state index in [0.29, 0.717) is 0 Å². The van der Waals surface area contributed by atoms with Gasteiger partial charge in [0.2, 0.25) is 0 Å². The van der Waals surface area contributed by atoms with Gasteiger partial charge in [-0.2, -0.15) is 16.9 Å². The van der Waals surface area contributed by atoms with Crippen molar-refractivity contribution < 1.29 is 0 Å². The number of nitrogens with one attached hydrogen (secondary N) is 2. The highest BCUT2D eigenvalue weighted by atomic mass is 32.2. The second-order valence-corrected chi connectivity index (χ2v) is 8.27. The molecule has 1 aliphatic heterocycles. The van der Waals surface area contributed by atoms with Gasteiger partial charge in [-0.3, -0.25) is 10.1 Å². The van der Waals surface area contributed by atoms with Crippen molar-refractivity contribution >= 4 is 17.7 Å². The van der Waals surface area contributed by atoms with Crippen molar-refractivity contribution in [3.05, 3.63) is 36.2 Å². The number of H-pyrrole nitrogens is 1. The third kappa shape index (κ3) is 4.08. The SMILES string of the molecule is CN=C(NCc1cccc(-c2ncn[nH]2)c1)N1CCSC(C)(C)C1. The van der Waals surface area contributed by atoms with Crippen molar-refractivity contribution in [1.29, 1.82) is 0 Å².